The molecule has 2 rings (SSSR count). The number of carbonyl (C=O) groups excluding carboxylic acids is 6. The summed E-state index contributed by atoms with van der Waals surface area (Å²) in [6.07, 6.45) is 4.11. The van der Waals surface area contributed by atoms with Crippen LogP contribution in [0.3, 0.4) is 0 Å². The van der Waals surface area contributed by atoms with Crippen LogP contribution in [-0.4, -0.2) is 88.6 Å². The van der Waals surface area contributed by atoms with Crippen LogP contribution in [-0.2, 0) is 30.4 Å². The van der Waals surface area contributed by atoms with Crippen molar-refractivity contribution in [3.63, 3.8) is 0 Å². The maximum absolute atomic E-state index is 13.3. The minimum atomic E-state index is -0.989. The number of aliphatic hydroxyl groups is 2. The lowest BCUT2D eigenvalue weighted by atomic mass is 10.0. The summed E-state index contributed by atoms with van der Waals surface area (Å²) in [7, 11) is 0. The second-order valence-electron chi connectivity index (χ2n) is 11.0. The standard InChI is InChI=1S/C30H44N6O8/c1-19(2)27(35-24(39)8-4-3-5-16-36-25(40)13-14-26(36)41)29(43)34-23(7-6-15-32-30(31)44)28(42)33-21-11-9-20(10-12-21)17-22(38)18-37/h9-14,19,22-23,27,37-38H,3-8,15-18H2,1-2H3,(H,33,42)(H,34,43)(H,35,39)(H3,31,32,44). The van der Waals surface area contributed by atoms with Crippen molar-refractivity contribution in [3.8, 4) is 0 Å². The molecule has 0 aromatic heterocycles. The predicted octanol–water partition coefficient (Wildman–Crippen LogP) is 0.0803. The minimum absolute atomic E-state index is 0.144. The van der Waals surface area contributed by atoms with Crippen LogP contribution in [0.15, 0.2) is 36.4 Å². The van der Waals surface area contributed by atoms with E-state index in [1.54, 1.807) is 38.1 Å². The van der Waals surface area contributed by atoms with Gasteiger partial charge in [-0.3, -0.25) is 28.9 Å². The van der Waals surface area contributed by atoms with Gasteiger partial charge in [-0.2, -0.15) is 0 Å². The molecule has 1 aliphatic rings. The molecular formula is C30H44N6O8. The molecule has 0 saturated carbocycles. The smallest absolute Gasteiger partial charge is 0.312 e. The Hall–Kier alpha value is -4.30. The van der Waals surface area contributed by atoms with Crippen LogP contribution >= 0.6 is 0 Å². The zero-order valence-electron chi connectivity index (χ0n) is 25.2. The van der Waals surface area contributed by atoms with E-state index < -0.39 is 36.0 Å². The first-order valence-electron chi connectivity index (χ1n) is 14.8. The lowest BCUT2D eigenvalue weighted by molar-refractivity contribution is -0.137. The van der Waals surface area contributed by atoms with Gasteiger partial charge in [0, 0.05) is 43.8 Å². The monoisotopic (exact) mass is 616 g/mol. The van der Waals surface area contributed by atoms with E-state index in [9.17, 15) is 33.9 Å². The van der Waals surface area contributed by atoms with Gasteiger partial charge in [0.1, 0.15) is 12.1 Å². The highest BCUT2D eigenvalue weighted by atomic mass is 16.3. The van der Waals surface area contributed by atoms with E-state index >= 15 is 0 Å². The number of nitrogens with zero attached hydrogens (tertiary/aromatic N) is 1. The van der Waals surface area contributed by atoms with Gasteiger partial charge in [0.25, 0.3) is 11.8 Å². The number of carbonyl (C=O) groups is 6. The van der Waals surface area contributed by atoms with Gasteiger partial charge < -0.3 is 37.2 Å². The summed E-state index contributed by atoms with van der Waals surface area (Å²) in [6, 6.07) is 4.07. The fourth-order valence-corrected chi connectivity index (χ4v) is 4.50. The zero-order chi connectivity index (χ0) is 32.6. The van der Waals surface area contributed by atoms with E-state index in [2.05, 4.69) is 21.3 Å². The first-order chi connectivity index (χ1) is 20.9. The van der Waals surface area contributed by atoms with Crippen molar-refractivity contribution in [1.82, 2.24) is 20.9 Å². The second-order valence-corrected chi connectivity index (χ2v) is 11.0. The normalized spacial score (nSPS) is 14.7. The van der Waals surface area contributed by atoms with Gasteiger partial charge in [0.2, 0.25) is 17.7 Å². The summed E-state index contributed by atoms with van der Waals surface area (Å²) in [5.74, 6) is -2.36. The van der Waals surface area contributed by atoms with Crippen molar-refractivity contribution in [2.45, 2.75) is 77.0 Å². The van der Waals surface area contributed by atoms with Crippen molar-refractivity contribution in [1.29, 1.82) is 0 Å². The molecule has 8 N–H and O–H groups in total. The summed E-state index contributed by atoms with van der Waals surface area (Å²) in [5.41, 5.74) is 6.33. The number of hydrogen-bond donors (Lipinski definition) is 7. The Morgan fingerprint density at radius 3 is 2.16 bits per heavy atom. The number of nitrogens with two attached hydrogens (primary N) is 1. The predicted molar refractivity (Wildman–Crippen MR) is 162 cm³/mol. The first-order valence-corrected chi connectivity index (χ1v) is 14.8. The van der Waals surface area contributed by atoms with Crippen molar-refractivity contribution in [2.75, 3.05) is 25.0 Å². The van der Waals surface area contributed by atoms with Crippen LogP contribution in [0, 0.1) is 5.92 Å². The van der Waals surface area contributed by atoms with Crippen molar-refractivity contribution < 1.29 is 39.0 Å². The van der Waals surface area contributed by atoms with Crippen molar-refractivity contribution in [3.05, 3.63) is 42.0 Å². The Kier molecular flexibility index (Phi) is 15.0. The van der Waals surface area contributed by atoms with Crippen molar-refractivity contribution >= 4 is 41.3 Å². The molecule has 1 aliphatic heterocycles. The summed E-state index contributed by atoms with van der Waals surface area (Å²) in [4.78, 5) is 74.6. The topological polar surface area (TPSA) is 220 Å². The molecule has 0 radical (unpaired) electrons. The molecule has 3 atom stereocenters. The molecule has 14 nitrogen and oxygen atoms in total. The molecule has 0 spiro atoms. The van der Waals surface area contributed by atoms with E-state index in [0.29, 0.717) is 31.4 Å². The second kappa shape index (κ2) is 18.4. The van der Waals surface area contributed by atoms with E-state index in [4.69, 9.17) is 10.8 Å². The largest absolute Gasteiger partial charge is 0.394 e. The third-order valence-corrected chi connectivity index (χ3v) is 6.96. The van der Waals surface area contributed by atoms with Crippen LogP contribution in [0.4, 0.5) is 10.5 Å². The fourth-order valence-electron chi connectivity index (χ4n) is 4.50. The van der Waals surface area contributed by atoms with Crippen molar-refractivity contribution in [2.24, 2.45) is 11.7 Å². The Morgan fingerprint density at radius 1 is 0.909 bits per heavy atom. The maximum Gasteiger partial charge on any atom is 0.312 e. The van der Waals surface area contributed by atoms with Crippen LogP contribution < -0.4 is 27.0 Å². The lowest BCUT2D eigenvalue weighted by Gasteiger charge is -2.25. The molecule has 242 valence electrons. The van der Waals surface area contributed by atoms with Gasteiger partial charge in [-0.1, -0.05) is 32.4 Å². The number of anilines is 1. The first kappa shape index (κ1) is 35.9. The quantitative estimate of drug-likeness (QED) is 0.0831. The molecule has 44 heavy (non-hydrogen) atoms. The average molecular weight is 617 g/mol. The van der Waals surface area contributed by atoms with Gasteiger partial charge in [0.15, 0.2) is 0 Å². The highest BCUT2D eigenvalue weighted by Crippen LogP contribution is 2.14. The van der Waals surface area contributed by atoms with E-state index in [0.717, 1.165) is 10.5 Å². The van der Waals surface area contributed by atoms with Gasteiger partial charge in [-0.15, -0.1) is 0 Å². The number of imide groups is 1. The fraction of sp³-hybridized carbons (Fsp3) is 0.533. The number of amides is 7. The molecule has 0 fully saturated rings. The SMILES string of the molecule is CC(C)C(NC(=O)CCCCCN1C(=O)C=CC1=O)C(=O)NC(CCCNC(N)=O)C(=O)Nc1ccc(CC(O)CO)cc1. The van der Waals surface area contributed by atoms with Crippen LogP contribution in [0.5, 0.6) is 0 Å². The number of unbranched alkanes of at least 4 members (excludes halogenated alkanes) is 2. The number of aliphatic hydroxyl groups excluding tert-OH is 2. The Bertz CT molecular complexity index is 1170. The molecule has 1 heterocycles. The minimum Gasteiger partial charge on any atom is -0.394 e. The molecule has 7 amide bonds. The molecule has 0 saturated heterocycles. The third-order valence-electron chi connectivity index (χ3n) is 6.96. The number of primary amides is 1. The maximum atomic E-state index is 13.3. The van der Waals surface area contributed by atoms with Gasteiger partial charge >= 0.3 is 6.03 Å². The Morgan fingerprint density at radius 2 is 1.57 bits per heavy atom. The molecule has 14 heteroatoms. The zero-order valence-corrected chi connectivity index (χ0v) is 25.2. The summed E-state index contributed by atoms with van der Waals surface area (Å²) in [6.45, 7) is 3.63. The number of rotatable bonds is 19. The van der Waals surface area contributed by atoms with Gasteiger partial charge in [-0.05, 0) is 49.3 Å². The highest BCUT2D eigenvalue weighted by molar-refractivity contribution is 6.12. The van der Waals surface area contributed by atoms with E-state index in [-0.39, 0.29) is 62.6 Å². The van der Waals surface area contributed by atoms with E-state index in [1.165, 1.54) is 12.2 Å². The molecule has 0 bridgehead atoms. The molecular weight excluding hydrogens is 572 g/mol. The summed E-state index contributed by atoms with van der Waals surface area (Å²) < 4.78 is 0. The molecule has 1 aromatic rings. The lowest BCUT2D eigenvalue weighted by Crippen LogP contribution is -2.54. The number of nitrogens with one attached hydrogen (secondary N) is 4. The molecule has 3 unspecified atom stereocenters. The molecule has 0 aliphatic carbocycles. The van der Waals surface area contributed by atoms with Crippen LogP contribution in [0.1, 0.15) is 57.9 Å². The van der Waals surface area contributed by atoms with E-state index in [1.807, 2.05) is 0 Å². The van der Waals surface area contributed by atoms with Gasteiger partial charge in [0.05, 0.1) is 12.7 Å². The highest BCUT2D eigenvalue weighted by Gasteiger charge is 2.29. The third kappa shape index (κ3) is 12.5. The number of urea groups is 1. The Labute approximate surface area is 256 Å². The number of benzene rings is 1. The Balaban J connectivity index is 1.94. The van der Waals surface area contributed by atoms with Crippen LogP contribution in [0.25, 0.3) is 0 Å². The summed E-state index contributed by atoms with van der Waals surface area (Å²) in [5, 5.41) is 29.3. The average Bonchev–Trinajstić information content (AvgIpc) is 3.29. The van der Waals surface area contributed by atoms with Crippen LogP contribution in [0.2, 0.25) is 0 Å². The number of hydrogen-bond acceptors (Lipinski definition) is 8. The molecule has 1 aromatic carbocycles. The van der Waals surface area contributed by atoms with Gasteiger partial charge in [-0.25, -0.2) is 4.79 Å². The summed E-state index contributed by atoms with van der Waals surface area (Å²) >= 11 is 0.